The Labute approximate surface area is 126 Å². The highest BCUT2D eigenvalue weighted by molar-refractivity contribution is 5.98. The van der Waals surface area contributed by atoms with E-state index < -0.39 is 5.76 Å². The van der Waals surface area contributed by atoms with Crippen molar-refractivity contribution in [3.8, 4) is 0 Å². The maximum absolute atomic E-state index is 12.2. The SMILES string of the molecule is CCN1CC(C(=O)Nc2ccc3c(c2)oc(=O)n3C)CC1=O. The first-order valence-electron chi connectivity index (χ1n) is 7.17. The molecule has 0 spiro atoms. The van der Waals surface area contributed by atoms with Crippen LogP contribution in [0.25, 0.3) is 11.1 Å². The lowest BCUT2D eigenvalue weighted by atomic mass is 10.1. The predicted octanol–water partition coefficient (Wildman–Crippen LogP) is 0.938. The van der Waals surface area contributed by atoms with Crippen molar-refractivity contribution in [2.24, 2.45) is 13.0 Å². The van der Waals surface area contributed by atoms with Crippen LogP contribution >= 0.6 is 0 Å². The molecule has 1 aromatic heterocycles. The van der Waals surface area contributed by atoms with Gasteiger partial charge in [-0.25, -0.2) is 4.79 Å². The van der Waals surface area contributed by atoms with E-state index >= 15 is 0 Å². The number of nitrogens with zero attached hydrogens (tertiary/aromatic N) is 2. The molecule has 0 radical (unpaired) electrons. The number of likely N-dealkylation sites (tertiary alicyclic amines) is 1. The number of carbonyl (C=O) groups is 2. The Hall–Kier alpha value is -2.57. The van der Waals surface area contributed by atoms with Gasteiger partial charge in [-0.3, -0.25) is 14.2 Å². The van der Waals surface area contributed by atoms with Gasteiger partial charge in [0.15, 0.2) is 5.58 Å². The predicted molar refractivity (Wildman–Crippen MR) is 80.4 cm³/mol. The topological polar surface area (TPSA) is 84.6 Å². The van der Waals surface area contributed by atoms with E-state index in [2.05, 4.69) is 5.32 Å². The summed E-state index contributed by atoms with van der Waals surface area (Å²) < 4.78 is 6.49. The van der Waals surface area contributed by atoms with Crippen LogP contribution in [0, 0.1) is 5.92 Å². The molecule has 0 saturated carbocycles. The van der Waals surface area contributed by atoms with Crippen LogP contribution in [0.4, 0.5) is 5.69 Å². The first kappa shape index (κ1) is 14.4. The maximum atomic E-state index is 12.2. The second-order valence-corrected chi connectivity index (χ2v) is 5.43. The highest BCUT2D eigenvalue weighted by Gasteiger charge is 2.33. The van der Waals surface area contributed by atoms with E-state index in [-0.39, 0.29) is 24.2 Å². The number of hydrogen-bond donors (Lipinski definition) is 1. The monoisotopic (exact) mass is 303 g/mol. The third kappa shape index (κ3) is 2.38. The molecule has 7 heteroatoms. The van der Waals surface area contributed by atoms with Crippen molar-refractivity contribution in [1.29, 1.82) is 0 Å². The summed E-state index contributed by atoms with van der Waals surface area (Å²) in [5, 5.41) is 2.78. The van der Waals surface area contributed by atoms with Crippen molar-refractivity contribution in [2.75, 3.05) is 18.4 Å². The molecule has 3 rings (SSSR count). The zero-order valence-electron chi connectivity index (χ0n) is 12.5. The lowest BCUT2D eigenvalue weighted by molar-refractivity contribution is -0.128. The number of aryl methyl sites for hydroxylation is 1. The van der Waals surface area contributed by atoms with Crippen LogP contribution < -0.4 is 11.1 Å². The van der Waals surface area contributed by atoms with E-state index in [1.165, 1.54) is 4.57 Å². The lowest BCUT2D eigenvalue weighted by Gasteiger charge is -2.13. The molecule has 1 saturated heterocycles. The van der Waals surface area contributed by atoms with Crippen molar-refractivity contribution in [3.05, 3.63) is 28.7 Å². The van der Waals surface area contributed by atoms with Gasteiger partial charge in [-0.15, -0.1) is 0 Å². The standard InChI is InChI=1S/C15H17N3O4/c1-3-18-8-9(6-13(18)19)14(20)16-10-4-5-11-12(7-10)22-15(21)17(11)2/h4-5,7,9H,3,6,8H2,1-2H3,(H,16,20). The van der Waals surface area contributed by atoms with Gasteiger partial charge in [0, 0.05) is 38.3 Å². The summed E-state index contributed by atoms with van der Waals surface area (Å²) in [4.78, 5) is 37.0. The highest BCUT2D eigenvalue weighted by Crippen LogP contribution is 2.22. The van der Waals surface area contributed by atoms with E-state index in [9.17, 15) is 14.4 Å². The van der Waals surface area contributed by atoms with E-state index in [0.717, 1.165) is 0 Å². The number of hydrogen-bond acceptors (Lipinski definition) is 4. The molecule has 1 unspecified atom stereocenters. The van der Waals surface area contributed by atoms with E-state index in [1.807, 2.05) is 6.92 Å². The number of nitrogens with one attached hydrogen (secondary N) is 1. The zero-order chi connectivity index (χ0) is 15.9. The Kier molecular flexibility index (Phi) is 3.48. The van der Waals surface area contributed by atoms with Gasteiger partial charge >= 0.3 is 5.76 Å². The number of oxazole rings is 1. The maximum Gasteiger partial charge on any atom is 0.419 e. The number of benzene rings is 1. The van der Waals surface area contributed by atoms with Gasteiger partial charge in [0.25, 0.3) is 0 Å². The van der Waals surface area contributed by atoms with Gasteiger partial charge < -0.3 is 14.6 Å². The normalized spacial score (nSPS) is 18.2. The van der Waals surface area contributed by atoms with Crippen molar-refractivity contribution in [3.63, 3.8) is 0 Å². The number of anilines is 1. The molecule has 0 aliphatic carbocycles. The van der Waals surface area contributed by atoms with Crippen molar-refractivity contribution in [2.45, 2.75) is 13.3 Å². The van der Waals surface area contributed by atoms with Gasteiger partial charge in [0.1, 0.15) is 0 Å². The van der Waals surface area contributed by atoms with Gasteiger partial charge in [-0.05, 0) is 19.1 Å². The average Bonchev–Trinajstić information content (AvgIpc) is 3.00. The Morgan fingerprint density at radius 2 is 2.18 bits per heavy atom. The lowest BCUT2D eigenvalue weighted by Crippen LogP contribution is -2.28. The number of fused-ring (bicyclic) bond motifs is 1. The Balaban J connectivity index is 1.77. The zero-order valence-corrected chi connectivity index (χ0v) is 12.5. The van der Waals surface area contributed by atoms with Crippen LogP contribution in [0.1, 0.15) is 13.3 Å². The molecule has 22 heavy (non-hydrogen) atoms. The molecule has 1 aliphatic rings. The summed E-state index contributed by atoms with van der Waals surface area (Å²) in [6.45, 7) is 2.96. The molecule has 1 fully saturated rings. The molecule has 1 atom stereocenters. The highest BCUT2D eigenvalue weighted by atomic mass is 16.4. The average molecular weight is 303 g/mol. The van der Waals surface area contributed by atoms with Crippen LogP contribution in [0.3, 0.4) is 0 Å². The molecular weight excluding hydrogens is 286 g/mol. The molecule has 2 amide bonds. The minimum absolute atomic E-state index is 0.00663. The molecule has 1 aliphatic heterocycles. The van der Waals surface area contributed by atoms with E-state index in [0.29, 0.717) is 29.9 Å². The quantitative estimate of drug-likeness (QED) is 0.914. The minimum Gasteiger partial charge on any atom is -0.408 e. The van der Waals surface area contributed by atoms with Crippen LogP contribution in [-0.4, -0.2) is 34.4 Å². The summed E-state index contributed by atoms with van der Waals surface area (Å²) in [6, 6.07) is 5.04. The van der Waals surface area contributed by atoms with Gasteiger partial charge in [0.2, 0.25) is 11.8 Å². The van der Waals surface area contributed by atoms with E-state index in [4.69, 9.17) is 4.42 Å². The third-order valence-electron chi connectivity index (χ3n) is 4.03. The fraction of sp³-hybridized carbons (Fsp3) is 0.400. The van der Waals surface area contributed by atoms with Crippen molar-refractivity contribution >= 4 is 28.6 Å². The number of carbonyl (C=O) groups excluding carboxylic acids is 2. The minimum atomic E-state index is -0.446. The third-order valence-corrected chi connectivity index (χ3v) is 4.03. The number of amides is 2. The summed E-state index contributed by atoms with van der Waals surface area (Å²) in [6.07, 6.45) is 0.238. The largest absolute Gasteiger partial charge is 0.419 e. The molecule has 1 N–H and O–H groups in total. The molecule has 2 heterocycles. The summed E-state index contributed by atoms with van der Waals surface area (Å²) in [7, 11) is 1.62. The fourth-order valence-corrected chi connectivity index (χ4v) is 2.71. The van der Waals surface area contributed by atoms with Crippen LogP contribution in [-0.2, 0) is 16.6 Å². The number of aromatic nitrogens is 1. The van der Waals surface area contributed by atoms with Gasteiger partial charge in [-0.2, -0.15) is 0 Å². The Bertz CT molecular complexity index is 805. The summed E-state index contributed by atoms with van der Waals surface area (Å²) in [5.41, 5.74) is 1.63. The summed E-state index contributed by atoms with van der Waals surface area (Å²) in [5.74, 6) is -0.974. The second kappa shape index (κ2) is 5.32. The van der Waals surface area contributed by atoms with Crippen LogP contribution in [0.5, 0.6) is 0 Å². The smallest absolute Gasteiger partial charge is 0.408 e. The molecule has 7 nitrogen and oxygen atoms in total. The second-order valence-electron chi connectivity index (χ2n) is 5.43. The summed E-state index contributed by atoms with van der Waals surface area (Å²) >= 11 is 0. The van der Waals surface area contributed by atoms with Crippen LogP contribution in [0.2, 0.25) is 0 Å². The molecule has 2 aromatic rings. The molecule has 116 valence electrons. The molecule has 0 bridgehead atoms. The molecule has 1 aromatic carbocycles. The van der Waals surface area contributed by atoms with Gasteiger partial charge in [-0.1, -0.05) is 0 Å². The first-order chi connectivity index (χ1) is 10.5. The Morgan fingerprint density at radius 3 is 2.86 bits per heavy atom. The first-order valence-corrected chi connectivity index (χ1v) is 7.17. The fourth-order valence-electron chi connectivity index (χ4n) is 2.71. The van der Waals surface area contributed by atoms with E-state index in [1.54, 1.807) is 30.1 Å². The van der Waals surface area contributed by atoms with Crippen molar-refractivity contribution < 1.29 is 14.0 Å². The van der Waals surface area contributed by atoms with Gasteiger partial charge in [0.05, 0.1) is 11.4 Å². The Morgan fingerprint density at radius 1 is 1.41 bits per heavy atom. The van der Waals surface area contributed by atoms with Crippen LogP contribution in [0.15, 0.2) is 27.4 Å². The molecular formula is C15H17N3O4. The number of rotatable bonds is 3. The van der Waals surface area contributed by atoms with Crippen molar-refractivity contribution in [1.82, 2.24) is 9.47 Å².